The van der Waals surface area contributed by atoms with E-state index in [0.717, 1.165) is 16.8 Å². The van der Waals surface area contributed by atoms with Gasteiger partial charge in [-0.2, -0.15) is 0 Å². The average molecular weight is 623 g/mol. The van der Waals surface area contributed by atoms with Gasteiger partial charge in [-0.1, -0.05) is 157 Å². The first kappa shape index (κ1) is 29.1. The van der Waals surface area contributed by atoms with Crippen LogP contribution >= 0.6 is 11.8 Å². The van der Waals surface area contributed by atoms with Crippen LogP contribution in [0.1, 0.15) is 22.7 Å². The van der Waals surface area contributed by atoms with Crippen LogP contribution in [0.3, 0.4) is 0 Å². The molecule has 2 N–H and O–H groups in total. The lowest BCUT2D eigenvalue weighted by atomic mass is 9.93. The Morgan fingerprint density at radius 3 is 1.81 bits per heavy atom. The number of aryl methyl sites for hydroxylation is 1. The van der Waals surface area contributed by atoms with Gasteiger partial charge in [-0.25, -0.2) is 0 Å². The summed E-state index contributed by atoms with van der Waals surface area (Å²) in [4.78, 5) is 2.56. The molecule has 47 heavy (non-hydrogen) atoms. The number of hydrogen-bond acceptors (Lipinski definition) is 2. The molecule has 1 aromatic heterocycles. The Hall–Kier alpha value is -5.35. The Morgan fingerprint density at radius 2 is 1.09 bits per heavy atom. The molecular weight excluding hydrogens is 589 g/mol. The Bertz CT molecular complexity index is 2340. The maximum Gasteiger partial charge on any atom is 0.0631 e. The van der Waals surface area contributed by atoms with Crippen LogP contribution < -0.4 is 5.73 Å². The fraction of sp³-hybridized carbons (Fsp3) is 0.0455. The highest BCUT2D eigenvalue weighted by Gasteiger charge is 2.25. The lowest BCUT2D eigenvalue weighted by molar-refractivity contribution is 0.870. The van der Waals surface area contributed by atoms with E-state index in [2.05, 4.69) is 145 Å². The smallest absolute Gasteiger partial charge is 0.0631 e. The Balaban J connectivity index is 0.000000413. The van der Waals surface area contributed by atoms with E-state index in [1.807, 2.05) is 48.2 Å². The number of fused-ring (bicyclic) bond motifs is 9. The molecule has 3 heteroatoms. The number of aromatic nitrogens is 1. The second-order valence-electron chi connectivity index (χ2n) is 12.0. The van der Waals surface area contributed by atoms with Gasteiger partial charge in [-0.15, -0.1) is 0 Å². The minimum Gasteiger partial charge on any atom is -0.320 e. The zero-order valence-corrected chi connectivity index (χ0v) is 27.0. The number of hydrogen-bond donors (Lipinski definition) is 1. The summed E-state index contributed by atoms with van der Waals surface area (Å²) in [6, 6.07) is 60.1. The molecule has 9 rings (SSSR count). The summed E-state index contributed by atoms with van der Waals surface area (Å²) in [6.45, 7) is 2.08. The van der Waals surface area contributed by atoms with E-state index in [0.29, 0.717) is 0 Å². The molecule has 2 nitrogen and oxygen atoms in total. The molecule has 226 valence electrons. The highest BCUT2D eigenvalue weighted by Crippen LogP contribution is 2.51. The van der Waals surface area contributed by atoms with Crippen LogP contribution in [0.2, 0.25) is 0 Å². The molecule has 0 amide bonds. The third-order valence-corrected chi connectivity index (χ3v) is 10.1. The maximum atomic E-state index is 6.66. The van der Waals surface area contributed by atoms with Crippen molar-refractivity contribution in [1.29, 1.82) is 0 Å². The van der Waals surface area contributed by atoms with Gasteiger partial charge in [0.05, 0.1) is 17.1 Å². The number of benzene rings is 7. The molecule has 2 heterocycles. The monoisotopic (exact) mass is 622 g/mol. The first-order chi connectivity index (χ1) is 23.2. The van der Waals surface area contributed by atoms with Gasteiger partial charge in [-0.3, -0.25) is 0 Å². The van der Waals surface area contributed by atoms with Gasteiger partial charge in [0.2, 0.25) is 0 Å². The van der Waals surface area contributed by atoms with Crippen LogP contribution in [0.25, 0.3) is 49.7 Å². The predicted octanol–water partition coefficient (Wildman–Crippen LogP) is 11.6. The molecule has 1 aliphatic rings. The third kappa shape index (κ3) is 5.34. The Labute approximate surface area is 280 Å². The van der Waals surface area contributed by atoms with E-state index in [-0.39, 0.29) is 6.04 Å². The van der Waals surface area contributed by atoms with Crippen molar-refractivity contribution < 1.29 is 0 Å². The van der Waals surface area contributed by atoms with Crippen LogP contribution in [-0.4, -0.2) is 4.57 Å². The van der Waals surface area contributed by atoms with Gasteiger partial charge >= 0.3 is 0 Å². The van der Waals surface area contributed by atoms with Gasteiger partial charge in [0.1, 0.15) is 0 Å². The molecule has 0 saturated carbocycles. The molecule has 1 unspecified atom stereocenters. The molecule has 0 aliphatic carbocycles. The SMILES string of the molecule is Cc1ccccc1.NC(c1ccccc1)c1ccc(-n2c3ccccc3c3ccc4c(c32)-c2ccccc2-c2ccccc2S4)cc1. The third-order valence-electron chi connectivity index (χ3n) is 9.00. The quantitative estimate of drug-likeness (QED) is 0.212. The van der Waals surface area contributed by atoms with E-state index >= 15 is 0 Å². The fourth-order valence-electron chi connectivity index (χ4n) is 6.70. The summed E-state index contributed by atoms with van der Waals surface area (Å²) in [7, 11) is 0. The predicted molar refractivity (Wildman–Crippen MR) is 199 cm³/mol. The van der Waals surface area contributed by atoms with Gasteiger partial charge in [-0.05, 0) is 65.1 Å². The minimum absolute atomic E-state index is 0.161. The molecule has 8 aromatic rings. The van der Waals surface area contributed by atoms with Gasteiger partial charge < -0.3 is 10.3 Å². The van der Waals surface area contributed by atoms with Gasteiger partial charge in [0.25, 0.3) is 0 Å². The van der Waals surface area contributed by atoms with Crippen molar-refractivity contribution in [2.24, 2.45) is 5.73 Å². The molecule has 7 aromatic carbocycles. The summed E-state index contributed by atoms with van der Waals surface area (Å²) in [5, 5.41) is 2.52. The first-order valence-electron chi connectivity index (χ1n) is 16.0. The maximum absolute atomic E-state index is 6.66. The summed E-state index contributed by atoms with van der Waals surface area (Å²) in [5.74, 6) is 0. The van der Waals surface area contributed by atoms with Gasteiger partial charge in [0.15, 0.2) is 0 Å². The van der Waals surface area contributed by atoms with Crippen molar-refractivity contribution in [3.63, 3.8) is 0 Å². The van der Waals surface area contributed by atoms with Crippen molar-refractivity contribution in [2.75, 3.05) is 0 Å². The van der Waals surface area contributed by atoms with Crippen LogP contribution in [0.4, 0.5) is 0 Å². The zero-order valence-electron chi connectivity index (χ0n) is 26.2. The van der Waals surface area contributed by atoms with Crippen molar-refractivity contribution in [2.45, 2.75) is 22.8 Å². The minimum atomic E-state index is -0.161. The molecule has 1 atom stereocenters. The Kier molecular flexibility index (Phi) is 7.70. The van der Waals surface area contributed by atoms with Crippen LogP contribution in [-0.2, 0) is 0 Å². The molecule has 0 bridgehead atoms. The van der Waals surface area contributed by atoms with Crippen molar-refractivity contribution in [1.82, 2.24) is 4.57 Å². The largest absolute Gasteiger partial charge is 0.320 e. The van der Waals surface area contributed by atoms with E-state index in [9.17, 15) is 0 Å². The topological polar surface area (TPSA) is 30.9 Å². The average Bonchev–Trinajstić information content (AvgIpc) is 3.39. The standard InChI is InChI=1S/C37H26N2S.C7H8/c38-36(24-10-2-1-3-11-24)25-18-20-26(21-19-25)39-32-16-8-6-13-28(32)31-22-23-34-35(37(31)39)30-15-5-4-12-27(30)29-14-7-9-17-33(29)40-34;1-7-5-3-2-4-6-7/h1-23,36H,38H2;2-6H,1H3. The zero-order chi connectivity index (χ0) is 31.7. The van der Waals surface area contributed by atoms with E-state index in [1.165, 1.54) is 59.4 Å². The summed E-state index contributed by atoms with van der Waals surface area (Å²) >= 11 is 1.86. The first-order valence-corrected chi connectivity index (χ1v) is 16.8. The lowest BCUT2D eigenvalue weighted by Crippen LogP contribution is -2.11. The van der Waals surface area contributed by atoms with E-state index in [1.54, 1.807) is 0 Å². The highest BCUT2D eigenvalue weighted by atomic mass is 32.2. The summed E-state index contributed by atoms with van der Waals surface area (Å²) in [5.41, 5.74) is 18.9. The second-order valence-corrected chi connectivity index (χ2v) is 13.0. The summed E-state index contributed by atoms with van der Waals surface area (Å²) < 4.78 is 2.44. The molecule has 0 saturated heterocycles. The highest BCUT2D eigenvalue weighted by molar-refractivity contribution is 7.99. The fourth-order valence-corrected chi connectivity index (χ4v) is 7.82. The van der Waals surface area contributed by atoms with Crippen LogP contribution in [0.15, 0.2) is 180 Å². The Morgan fingerprint density at radius 1 is 0.489 bits per heavy atom. The van der Waals surface area contributed by atoms with Gasteiger partial charge in [0, 0.05) is 31.8 Å². The van der Waals surface area contributed by atoms with E-state index < -0.39 is 0 Å². The second kappa shape index (κ2) is 12.4. The normalized spacial score (nSPS) is 12.3. The molecule has 0 radical (unpaired) electrons. The number of para-hydroxylation sites is 1. The summed E-state index contributed by atoms with van der Waals surface area (Å²) in [6.07, 6.45) is 0. The lowest BCUT2D eigenvalue weighted by Gasteiger charge is -2.17. The molecule has 0 spiro atoms. The van der Waals surface area contributed by atoms with E-state index in [4.69, 9.17) is 5.73 Å². The van der Waals surface area contributed by atoms with Crippen LogP contribution in [0, 0.1) is 6.92 Å². The molecule has 1 aliphatic heterocycles. The number of rotatable bonds is 3. The van der Waals surface area contributed by atoms with Crippen molar-refractivity contribution >= 4 is 33.6 Å². The van der Waals surface area contributed by atoms with Crippen LogP contribution in [0.5, 0.6) is 0 Å². The number of nitrogens with two attached hydrogens (primary N) is 1. The van der Waals surface area contributed by atoms with Crippen molar-refractivity contribution in [3.05, 3.63) is 187 Å². The van der Waals surface area contributed by atoms with Crippen molar-refractivity contribution in [3.8, 4) is 27.9 Å². The molecule has 0 fully saturated rings. The number of nitrogens with zero attached hydrogens (tertiary/aromatic N) is 1. The molecular formula is C44H34N2S.